The minimum Gasteiger partial charge on any atom is -0.493 e. The first kappa shape index (κ1) is 20.3. The third kappa shape index (κ3) is 4.37. The molecule has 0 radical (unpaired) electrons. The highest BCUT2D eigenvalue weighted by Gasteiger charge is 2.23. The van der Waals surface area contributed by atoms with Gasteiger partial charge >= 0.3 is 6.03 Å². The number of nitrogens with one attached hydrogen (secondary N) is 2. The molecule has 0 spiro atoms. The lowest BCUT2D eigenvalue weighted by Gasteiger charge is -2.19. The summed E-state index contributed by atoms with van der Waals surface area (Å²) >= 11 is 0. The van der Waals surface area contributed by atoms with E-state index < -0.39 is 6.03 Å². The number of rotatable bonds is 6. The number of urea groups is 1. The fourth-order valence-electron chi connectivity index (χ4n) is 3.39. The number of carbonyl (C=O) groups is 2. The molecule has 3 rings (SSSR count). The molecule has 1 aliphatic rings. The van der Waals surface area contributed by atoms with Gasteiger partial charge in [0, 0.05) is 36.5 Å². The van der Waals surface area contributed by atoms with Gasteiger partial charge in [0.1, 0.15) is 0 Å². The predicted octanol–water partition coefficient (Wildman–Crippen LogP) is 3.79. The second-order valence-electron chi connectivity index (χ2n) is 6.64. The molecule has 154 valence electrons. The normalized spacial score (nSPS) is 13.2. The highest BCUT2D eigenvalue weighted by Crippen LogP contribution is 2.40. The molecular formula is C21H25N3O5. The lowest BCUT2D eigenvalue weighted by Crippen LogP contribution is -2.24. The van der Waals surface area contributed by atoms with Gasteiger partial charge in [-0.3, -0.25) is 4.79 Å². The topological polar surface area (TPSA) is 89.1 Å². The number of methoxy groups -OCH3 is 3. The summed E-state index contributed by atoms with van der Waals surface area (Å²) in [5, 5.41) is 5.55. The van der Waals surface area contributed by atoms with Gasteiger partial charge in [0.15, 0.2) is 11.5 Å². The maximum atomic E-state index is 12.4. The smallest absolute Gasteiger partial charge is 0.323 e. The Morgan fingerprint density at radius 2 is 1.62 bits per heavy atom. The van der Waals surface area contributed by atoms with Crippen molar-refractivity contribution in [1.82, 2.24) is 0 Å². The molecule has 0 saturated carbocycles. The third-order valence-electron chi connectivity index (χ3n) is 4.74. The molecule has 1 heterocycles. The number of carbonyl (C=O) groups excluding carboxylic acids is 2. The van der Waals surface area contributed by atoms with Crippen molar-refractivity contribution in [2.45, 2.75) is 19.8 Å². The molecule has 3 amide bonds. The van der Waals surface area contributed by atoms with Crippen LogP contribution in [0.5, 0.6) is 17.2 Å². The zero-order chi connectivity index (χ0) is 21.0. The average molecular weight is 399 g/mol. The average Bonchev–Trinajstić information content (AvgIpc) is 3.12. The maximum absolute atomic E-state index is 12.4. The molecule has 2 aromatic carbocycles. The van der Waals surface area contributed by atoms with Crippen LogP contribution in [0.25, 0.3) is 0 Å². The van der Waals surface area contributed by atoms with Crippen molar-refractivity contribution >= 4 is 29.0 Å². The number of benzene rings is 2. The van der Waals surface area contributed by atoms with Crippen LogP contribution in [0.1, 0.15) is 18.4 Å². The van der Waals surface area contributed by atoms with Gasteiger partial charge in [0.2, 0.25) is 11.7 Å². The third-order valence-corrected chi connectivity index (χ3v) is 4.74. The summed E-state index contributed by atoms with van der Waals surface area (Å²) in [6, 6.07) is 8.36. The van der Waals surface area contributed by atoms with Crippen LogP contribution in [0.3, 0.4) is 0 Å². The molecule has 29 heavy (non-hydrogen) atoms. The van der Waals surface area contributed by atoms with Gasteiger partial charge in [-0.2, -0.15) is 0 Å². The quantitative estimate of drug-likeness (QED) is 0.771. The van der Waals surface area contributed by atoms with E-state index in [1.54, 1.807) is 23.1 Å². The first-order chi connectivity index (χ1) is 14.0. The van der Waals surface area contributed by atoms with E-state index >= 15 is 0 Å². The van der Waals surface area contributed by atoms with Crippen LogP contribution in [-0.2, 0) is 4.79 Å². The number of anilines is 3. The van der Waals surface area contributed by atoms with E-state index in [1.165, 1.54) is 21.3 Å². The summed E-state index contributed by atoms with van der Waals surface area (Å²) in [6.45, 7) is 2.65. The van der Waals surface area contributed by atoms with Gasteiger partial charge in [-0.05, 0) is 37.1 Å². The minimum absolute atomic E-state index is 0.133. The van der Waals surface area contributed by atoms with E-state index in [0.29, 0.717) is 35.0 Å². The van der Waals surface area contributed by atoms with Crippen molar-refractivity contribution < 1.29 is 23.8 Å². The number of nitrogens with zero attached hydrogens (tertiary/aromatic N) is 1. The number of hydrogen-bond acceptors (Lipinski definition) is 5. The molecule has 1 saturated heterocycles. The number of aryl methyl sites for hydroxylation is 1. The fourth-order valence-corrected chi connectivity index (χ4v) is 3.39. The van der Waals surface area contributed by atoms with E-state index in [4.69, 9.17) is 14.2 Å². The van der Waals surface area contributed by atoms with Gasteiger partial charge in [-0.25, -0.2) is 4.79 Å². The van der Waals surface area contributed by atoms with Crippen LogP contribution in [0.2, 0.25) is 0 Å². The first-order valence-corrected chi connectivity index (χ1v) is 9.26. The maximum Gasteiger partial charge on any atom is 0.323 e. The minimum atomic E-state index is -0.413. The molecule has 1 fully saturated rings. The van der Waals surface area contributed by atoms with Crippen molar-refractivity contribution in [2.24, 2.45) is 0 Å². The molecule has 1 aliphatic heterocycles. The lowest BCUT2D eigenvalue weighted by atomic mass is 10.1. The van der Waals surface area contributed by atoms with Crippen molar-refractivity contribution in [3.63, 3.8) is 0 Å². The Morgan fingerprint density at radius 3 is 2.14 bits per heavy atom. The molecule has 2 aromatic rings. The molecule has 0 bridgehead atoms. The second-order valence-corrected chi connectivity index (χ2v) is 6.64. The lowest BCUT2D eigenvalue weighted by molar-refractivity contribution is -0.117. The zero-order valence-corrected chi connectivity index (χ0v) is 17.0. The van der Waals surface area contributed by atoms with Gasteiger partial charge < -0.3 is 29.7 Å². The van der Waals surface area contributed by atoms with Crippen molar-refractivity contribution in [3.8, 4) is 17.2 Å². The van der Waals surface area contributed by atoms with E-state index in [9.17, 15) is 9.59 Å². The number of amides is 3. The summed E-state index contributed by atoms with van der Waals surface area (Å²) in [6.07, 6.45) is 1.45. The van der Waals surface area contributed by atoms with Gasteiger partial charge in [-0.1, -0.05) is 0 Å². The van der Waals surface area contributed by atoms with E-state index in [-0.39, 0.29) is 5.91 Å². The van der Waals surface area contributed by atoms with E-state index in [0.717, 1.165) is 24.2 Å². The van der Waals surface area contributed by atoms with E-state index in [2.05, 4.69) is 10.6 Å². The van der Waals surface area contributed by atoms with Crippen LogP contribution in [0.15, 0.2) is 30.3 Å². The predicted molar refractivity (Wildman–Crippen MR) is 112 cm³/mol. The number of ether oxygens (including phenoxy) is 3. The van der Waals surface area contributed by atoms with Crippen LogP contribution in [0.4, 0.5) is 21.9 Å². The van der Waals surface area contributed by atoms with Crippen LogP contribution in [-0.4, -0.2) is 39.8 Å². The Morgan fingerprint density at radius 1 is 0.966 bits per heavy atom. The van der Waals surface area contributed by atoms with Gasteiger partial charge in [-0.15, -0.1) is 0 Å². The van der Waals surface area contributed by atoms with Gasteiger partial charge in [0.25, 0.3) is 0 Å². The Hall–Kier alpha value is -3.42. The van der Waals surface area contributed by atoms with Crippen LogP contribution < -0.4 is 29.7 Å². The fraction of sp³-hybridized carbons (Fsp3) is 0.333. The Balaban J connectivity index is 1.72. The van der Waals surface area contributed by atoms with Crippen molar-refractivity contribution in [2.75, 3.05) is 43.4 Å². The van der Waals surface area contributed by atoms with Gasteiger partial charge in [0.05, 0.1) is 27.0 Å². The van der Waals surface area contributed by atoms with Crippen LogP contribution in [0, 0.1) is 6.92 Å². The molecule has 2 N–H and O–H groups in total. The monoisotopic (exact) mass is 399 g/mol. The van der Waals surface area contributed by atoms with E-state index in [1.807, 2.05) is 19.1 Å². The number of hydrogen-bond donors (Lipinski definition) is 2. The summed E-state index contributed by atoms with van der Waals surface area (Å²) in [7, 11) is 4.54. The SMILES string of the molecule is COc1cc(NC(=O)Nc2ccc(N3CCCC3=O)c(C)c2)cc(OC)c1OC. The molecule has 0 atom stereocenters. The molecule has 8 nitrogen and oxygen atoms in total. The molecule has 0 aliphatic carbocycles. The molecule has 8 heteroatoms. The van der Waals surface area contributed by atoms with Crippen molar-refractivity contribution in [3.05, 3.63) is 35.9 Å². The molecule has 0 unspecified atom stereocenters. The van der Waals surface area contributed by atoms with Crippen molar-refractivity contribution in [1.29, 1.82) is 0 Å². The molecule has 0 aromatic heterocycles. The zero-order valence-electron chi connectivity index (χ0n) is 17.0. The Labute approximate surface area is 169 Å². The largest absolute Gasteiger partial charge is 0.493 e. The van der Waals surface area contributed by atoms with Crippen LogP contribution >= 0.6 is 0 Å². The highest BCUT2D eigenvalue weighted by molar-refractivity contribution is 6.01. The first-order valence-electron chi connectivity index (χ1n) is 9.26. The Bertz CT molecular complexity index is 904. The second kappa shape index (κ2) is 8.72. The summed E-state index contributed by atoms with van der Waals surface area (Å²) in [4.78, 5) is 26.2. The Kier molecular flexibility index (Phi) is 6.11. The summed E-state index contributed by atoms with van der Waals surface area (Å²) in [5.41, 5.74) is 2.92. The highest BCUT2D eigenvalue weighted by atomic mass is 16.5. The summed E-state index contributed by atoms with van der Waals surface area (Å²) < 4.78 is 15.9. The standard InChI is InChI=1S/C21H25N3O5/c1-13-10-14(7-8-16(13)24-9-5-6-19(24)25)22-21(26)23-15-11-17(27-2)20(29-4)18(12-15)28-3/h7-8,10-12H,5-6,9H2,1-4H3,(H2,22,23,26). The summed E-state index contributed by atoms with van der Waals surface area (Å²) in [5.74, 6) is 1.47. The molecular weight excluding hydrogens is 374 g/mol.